The van der Waals surface area contributed by atoms with Crippen molar-refractivity contribution in [2.75, 3.05) is 20.2 Å². The highest BCUT2D eigenvalue weighted by molar-refractivity contribution is 5.70. The van der Waals surface area contributed by atoms with Crippen molar-refractivity contribution in [3.8, 4) is 5.75 Å². The number of piperidine rings is 1. The summed E-state index contributed by atoms with van der Waals surface area (Å²) in [6, 6.07) is 6.67. The minimum Gasteiger partial charge on any atom is -0.497 e. The van der Waals surface area contributed by atoms with Crippen molar-refractivity contribution < 1.29 is 14.6 Å². The molecular weight excluding hydrogens is 242 g/mol. The van der Waals surface area contributed by atoms with Gasteiger partial charge in [-0.05, 0) is 42.5 Å². The molecule has 0 spiro atoms. The normalized spacial score (nSPS) is 26.4. The van der Waals surface area contributed by atoms with E-state index >= 15 is 0 Å². The van der Waals surface area contributed by atoms with E-state index in [1.807, 2.05) is 6.07 Å². The van der Waals surface area contributed by atoms with Crippen LogP contribution >= 0.6 is 0 Å². The monoisotopic (exact) mass is 261 g/mol. The molecule has 0 unspecified atom stereocenters. The number of hydrogen-bond donors (Lipinski definition) is 1. The number of hydrogen-bond acceptors (Lipinski definition) is 3. The van der Waals surface area contributed by atoms with Crippen LogP contribution in [-0.4, -0.2) is 36.2 Å². The Hall–Kier alpha value is -1.55. The summed E-state index contributed by atoms with van der Waals surface area (Å²) >= 11 is 0. The molecule has 0 bridgehead atoms. The van der Waals surface area contributed by atoms with E-state index in [1.165, 1.54) is 11.1 Å². The van der Waals surface area contributed by atoms with Crippen molar-refractivity contribution in [1.29, 1.82) is 0 Å². The lowest BCUT2D eigenvalue weighted by Gasteiger charge is -2.42. The average Bonchev–Trinajstić information content (AvgIpc) is 2.45. The van der Waals surface area contributed by atoms with Crippen molar-refractivity contribution in [3.63, 3.8) is 0 Å². The smallest absolute Gasteiger partial charge is 0.307 e. The maximum atomic E-state index is 11.1. The molecule has 0 saturated carbocycles. The SMILES string of the molecule is COc1ccc2c(c1)CCN1C[C@H](C(=O)O)CC[C@H]21. The van der Waals surface area contributed by atoms with Crippen LogP contribution in [0.4, 0.5) is 0 Å². The summed E-state index contributed by atoms with van der Waals surface area (Å²) in [7, 11) is 1.69. The number of carbonyl (C=O) groups is 1. The number of methoxy groups -OCH3 is 1. The molecule has 2 aliphatic rings. The molecule has 1 N–H and O–H groups in total. The molecule has 4 heteroatoms. The minimum absolute atomic E-state index is 0.198. The minimum atomic E-state index is -0.654. The zero-order valence-corrected chi connectivity index (χ0v) is 11.1. The van der Waals surface area contributed by atoms with Gasteiger partial charge in [0.15, 0.2) is 0 Å². The van der Waals surface area contributed by atoms with Crippen LogP contribution in [0.5, 0.6) is 5.75 Å². The van der Waals surface area contributed by atoms with Gasteiger partial charge >= 0.3 is 5.97 Å². The molecule has 0 radical (unpaired) electrons. The fourth-order valence-corrected chi connectivity index (χ4v) is 3.36. The molecule has 3 rings (SSSR count). The molecule has 1 fully saturated rings. The first-order valence-electron chi connectivity index (χ1n) is 6.82. The third kappa shape index (κ3) is 2.21. The number of aliphatic carboxylic acids is 1. The van der Waals surface area contributed by atoms with Gasteiger partial charge in [-0.25, -0.2) is 0 Å². The van der Waals surface area contributed by atoms with Crippen molar-refractivity contribution in [2.24, 2.45) is 5.92 Å². The molecule has 19 heavy (non-hydrogen) atoms. The van der Waals surface area contributed by atoms with Gasteiger partial charge in [0.2, 0.25) is 0 Å². The molecule has 1 aromatic rings. The Kier molecular flexibility index (Phi) is 3.19. The zero-order valence-electron chi connectivity index (χ0n) is 11.1. The van der Waals surface area contributed by atoms with Gasteiger partial charge < -0.3 is 9.84 Å². The molecule has 2 atom stereocenters. The van der Waals surface area contributed by atoms with Gasteiger partial charge in [0, 0.05) is 19.1 Å². The summed E-state index contributed by atoms with van der Waals surface area (Å²) in [5, 5.41) is 9.15. The third-order valence-corrected chi connectivity index (χ3v) is 4.41. The number of ether oxygens (including phenoxy) is 1. The van der Waals surface area contributed by atoms with Gasteiger partial charge in [-0.3, -0.25) is 9.69 Å². The van der Waals surface area contributed by atoms with Crippen LogP contribution < -0.4 is 4.74 Å². The maximum absolute atomic E-state index is 11.1. The first-order chi connectivity index (χ1) is 9.19. The molecule has 2 aliphatic heterocycles. The van der Waals surface area contributed by atoms with Crippen molar-refractivity contribution in [1.82, 2.24) is 4.90 Å². The largest absolute Gasteiger partial charge is 0.497 e. The predicted molar refractivity (Wildman–Crippen MR) is 71.4 cm³/mol. The van der Waals surface area contributed by atoms with Crippen LogP contribution in [0.25, 0.3) is 0 Å². The van der Waals surface area contributed by atoms with Gasteiger partial charge in [-0.1, -0.05) is 6.07 Å². The molecule has 4 nitrogen and oxygen atoms in total. The van der Waals surface area contributed by atoms with Crippen LogP contribution in [0.1, 0.15) is 30.0 Å². The summed E-state index contributed by atoms with van der Waals surface area (Å²) in [5.41, 5.74) is 2.71. The van der Waals surface area contributed by atoms with Crippen molar-refractivity contribution in [2.45, 2.75) is 25.3 Å². The molecule has 1 saturated heterocycles. The summed E-state index contributed by atoms with van der Waals surface area (Å²) in [4.78, 5) is 13.4. The van der Waals surface area contributed by atoms with Crippen molar-refractivity contribution in [3.05, 3.63) is 29.3 Å². The van der Waals surface area contributed by atoms with E-state index in [1.54, 1.807) is 7.11 Å². The fraction of sp³-hybridized carbons (Fsp3) is 0.533. The van der Waals surface area contributed by atoms with Crippen LogP contribution in [0.15, 0.2) is 18.2 Å². The molecule has 102 valence electrons. The molecular formula is C15H19NO3. The van der Waals surface area contributed by atoms with Gasteiger partial charge in [0.1, 0.15) is 5.75 Å². The molecule has 2 heterocycles. The summed E-state index contributed by atoms with van der Waals surface area (Å²) in [6.07, 6.45) is 2.70. The summed E-state index contributed by atoms with van der Waals surface area (Å²) < 4.78 is 5.27. The maximum Gasteiger partial charge on any atom is 0.307 e. The van der Waals surface area contributed by atoms with Gasteiger partial charge in [-0.15, -0.1) is 0 Å². The number of rotatable bonds is 2. The summed E-state index contributed by atoms with van der Waals surface area (Å²) in [5.74, 6) is 0.0569. The van der Waals surface area contributed by atoms with Crippen LogP contribution in [-0.2, 0) is 11.2 Å². The lowest BCUT2D eigenvalue weighted by atomic mass is 9.83. The Morgan fingerprint density at radius 2 is 2.26 bits per heavy atom. The number of carboxylic acids is 1. The first kappa shape index (κ1) is 12.5. The van der Waals surface area contributed by atoms with E-state index < -0.39 is 5.97 Å². The molecule has 0 aliphatic carbocycles. The predicted octanol–water partition coefficient (Wildman–Crippen LogP) is 2.09. The third-order valence-electron chi connectivity index (χ3n) is 4.41. The van der Waals surface area contributed by atoms with E-state index in [4.69, 9.17) is 9.84 Å². The van der Waals surface area contributed by atoms with Crippen LogP contribution in [0.3, 0.4) is 0 Å². The number of fused-ring (bicyclic) bond motifs is 3. The van der Waals surface area contributed by atoms with Gasteiger partial charge in [0.05, 0.1) is 13.0 Å². The Morgan fingerprint density at radius 1 is 1.42 bits per heavy atom. The Morgan fingerprint density at radius 3 is 3.00 bits per heavy atom. The standard InChI is InChI=1S/C15H19NO3/c1-19-12-3-4-13-10(8-12)6-7-16-9-11(15(17)18)2-5-14(13)16/h3-4,8,11,14H,2,5-7,9H2,1H3,(H,17,18)/t11-,14-/m1/s1. The van der Waals surface area contributed by atoms with E-state index in [9.17, 15) is 4.79 Å². The van der Waals surface area contributed by atoms with E-state index in [-0.39, 0.29) is 5.92 Å². The Labute approximate surface area is 113 Å². The second-order valence-electron chi connectivity index (χ2n) is 5.44. The molecule has 1 aromatic carbocycles. The number of nitrogens with zero attached hydrogens (tertiary/aromatic N) is 1. The zero-order chi connectivity index (χ0) is 13.4. The van der Waals surface area contributed by atoms with Gasteiger partial charge in [-0.2, -0.15) is 0 Å². The molecule has 0 aromatic heterocycles. The van der Waals surface area contributed by atoms with Crippen LogP contribution in [0.2, 0.25) is 0 Å². The van der Waals surface area contributed by atoms with E-state index in [0.717, 1.165) is 31.6 Å². The second kappa shape index (κ2) is 4.85. The highest BCUT2D eigenvalue weighted by Gasteiger charge is 2.35. The highest BCUT2D eigenvalue weighted by atomic mass is 16.5. The Balaban J connectivity index is 1.85. The number of benzene rings is 1. The van der Waals surface area contributed by atoms with Crippen molar-refractivity contribution >= 4 is 5.97 Å². The summed E-state index contributed by atoms with van der Waals surface area (Å²) in [6.45, 7) is 1.64. The highest BCUT2D eigenvalue weighted by Crippen LogP contribution is 2.39. The average molecular weight is 261 g/mol. The lowest BCUT2D eigenvalue weighted by molar-refractivity contribution is -0.144. The number of carboxylic acid groups (broad SMARTS) is 1. The fourth-order valence-electron chi connectivity index (χ4n) is 3.36. The topological polar surface area (TPSA) is 49.8 Å². The molecule has 0 amide bonds. The van der Waals surface area contributed by atoms with E-state index in [0.29, 0.717) is 12.6 Å². The van der Waals surface area contributed by atoms with Crippen LogP contribution in [0, 0.1) is 5.92 Å². The first-order valence-corrected chi connectivity index (χ1v) is 6.82. The Bertz CT molecular complexity index is 500. The quantitative estimate of drug-likeness (QED) is 0.885. The van der Waals surface area contributed by atoms with E-state index in [2.05, 4.69) is 17.0 Å². The lowest BCUT2D eigenvalue weighted by Crippen LogP contribution is -2.44. The van der Waals surface area contributed by atoms with Gasteiger partial charge in [0.25, 0.3) is 0 Å². The second-order valence-corrected chi connectivity index (χ2v) is 5.44.